The van der Waals surface area contributed by atoms with Crippen molar-refractivity contribution in [1.29, 1.82) is 0 Å². The van der Waals surface area contributed by atoms with E-state index in [1.165, 1.54) is 12.0 Å². The summed E-state index contributed by atoms with van der Waals surface area (Å²) in [6, 6.07) is 6.03. The maximum atomic E-state index is 12.3. The maximum absolute atomic E-state index is 12.3. The van der Waals surface area contributed by atoms with Crippen molar-refractivity contribution in [2.75, 3.05) is 25.0 Å². The Kier molecular flexibility index (Phi) is 4.71. The lowest BCUT2D eigenvalue weighted by Crippen LogP contribution is -2.40. The van der Waals surface area contributed by atoms with E-state index in [2.05, 4.69) is 32.4 Å². The first-order valence-corrected chi connectivity index (χ1v) is 8.04. The Balaban J connectivity index is 1.57. The van der Waals surface area contributed by atoms with E-state index in [9.17, 15) is 4.79 Å². The quantitative estimate of drug-likeness (QED) is 0.937. The van der Waals surface area contributed by atoms with Gasteiger partial charge in [-0.1, -0.05) is 0 Å². The molecule has 6 heteroatoms. The summed E-state index contributed by atoms with van der Waals surface area (Å²) in [7, 11) is 1.84. The third-order valence-electron chi connectivity index (χ3n) is 4.32. The Hall–Kier alpha value is -2.21. The number of nitrogens with zero attached hydrogens (tertiary/aromatic N) is 4. The summed E-state index contributed by atoms with van der Waals surface area (Å²) < 4.78 is 1.70. The number of carbonyl (C=O) groups excluding carboxylic acids is 1. The summed E-state index contributed by atoms with van der Waals surface area (Å²) in [5, 5.41) is 7.19. The number of likely N-dealkylation sites (tertiary alicyclic amines) is 1. The molecule has 3 rings (SSSR count). The molecule has 0 spiro atoms. The second-order valence-corrected chi connectivity index (χ2v) is 6.20. The molecule has 2 aromatic heterocycles. The maximum Gasteiger partial charge on any atom is 0.239 e. The van der Waals surface area contributed by atoms with Gasteiger partial charge in [-0.25, -0.2) is 0 Å². The largest absolute Gasteiger partial charge is 0.310 e. The second-order valence-electron chi connectivity index (χ2n) is 6.20. The van der Waals surface area contributed by atoms with Crippen LogP contribution in [0.1, 0.15) is 30.0 Å². The molecule has 23 heavy (non-hydrogen) atoms. The van der Waals surface area contributed by atoms with Crippen molar-refractivity contribution in [3.8, 4) is 0 Å². The topological polar surface area (TPSA) is 63.1 Å². The van der Waals surface area contributed by atoms with E-state index in [0.29, 0.717) is 12.5 Å². The molecule has 6 nitrogen and oxygen atoms in total. The highest BCUT2D eigenvalue weighted by Gasteiger charge is 2.23. The van der Waals surface area contributed by atoms with Crippen molar-refractivity contribution >= 4 is 11.7 Å². The van der Waals surface area contributed by atoms with Crippen LogP contribution in [0.15, 0.2) is 30.6 Å². The van der Waals surface area contributed by atoms with E-state index in [-0.39, 0.29) is 5.91 Å². The summed E-state index contributed by atoms with van der Waals surface area (Å²) in [4.78, 5) is 18.6. The molecule has 2 aromatic rings. The molecule has 122 valence electrons. The number of hydrogen-bond donors (Lipinski definition) is 1. The van der Waals surface area contributed by atoms with Crippen LogP contribution in [0.3, 0.4) is 0 Å². The van der Waals surface area contributed by atoms with Gasteiger partial charge in [0.15, 0.2) is 0 Å². The van der Waals surface area contributed by atoms with Crippen molar-refractivity contribution in [3.63, 3.8) is 0 Å². The van der Waals surface area contributed by atoms with E-state index in [4.69, 9.17) is 0 Å². The first-order chi connectivity index (χ1) is 11.1. The number of pyridine rings is 1. The van der Waals surface area contributed by atoms with Gasteiger partial charge in [0.25, 0.3) is 0 Å². The molecule has 1 atom stereocenters. The molecule has 0 aromatic carbocycles. The average Bonchev–Trinajstić information content (AvgIpc) is 2.86. The zero-order valence-electron chi connectivity index (χ0n) is 13.7. The van der Waals surface area contributed by atoms with Crippen LogP contribution in [0.4, 0.5) is 5.82 Å². The molecule has 3 heterocycles. The number of rotatable bonds is 4. The summed E-state index contributed by atoms with van der Waals surface area (Å²) in [5.74, 6) is 1.25. The molecule has 1 N–H and O–H groups in total. The average molecular weight is 313 g/mol. The van der Waals surface area contributed by atoms with Gasteiger partial charge in [0.2, 0.25) is 5.91 Å². The minimum atomic E-state index is 0.0170. The van der Waals surface area contributed by atoms with Gasteiger partial charge in [-0.05, 0) is 49.9 Å². The van der Waals surface area contributed by atoms with Gasteiger partial charge in [-0.2, -0.15) is 5.10 Å². The molecular formula is C17H23N5O. The SMILES string of the molecule is Cc1cc(NC(=O)CN2CCC[C@H](c3ccncc3)C2)n(C)n1. The zero-order valence-corrected chi connectivity index (χ0v) is 13.7. The highest BCUT2D eigenvalue weighted by Crippen LogP contribution is 2.26. The molecule has 1 amide bonds. The van der Waals surface area contributed by atoms with Gasteiger partial charge in [0, 0.05) is 32.1 Å². The van der Waals surface area contributed by atoms with Crippen LogP contribution in [-0.4, -0.2) is 45.2 Å². The smallest absolute Gasteiger partial charge is 0.239 e. The lowest BCUT2D eigenvalue weighted by molar-refractivity contribution is -0.117. The minimum Gasteiger partial charge on any atom is -0.310 e. The molecular weight excluding hydrogens is 290 g/mol. The molecule has 0 aliphatic carbocycles. The second kappa shape index (κ2) is 6.91. The monoisotopic (exact) mass is 313 g/mol. The van der Waals surface area contributed by atoms with Crippen LogP contribution in [0.5, 0.6) is 0 Å². The van der Waals surface area contributed by atoms with Gasteiger partial charge in [-0.3, -0.25) is 19.4 Å². The van der Waals surface area contributed by atoms with E-state index in [1.807, 2.05) is 32.4 Å². The van der Waals surface area contributed by atoms with Crippen LogP contribution in [0.2, 0.25) is 0 Å². The minimum absolute atomic E-state index is 0.0170. The highest BCUT2D eigenvalue weighted by atomic mass is 16.2. The zero-order chi connectivity index (χ0) is 16.2. The number of amides is 1. The van der Waals surface area contributed by atoms with Gasteiger partial charge < -0.3 is 5.32 Å². The van der Waals surface area contributed by atoms with E-state index < -0.39 is 0 Å². The number of anilines is 1. The number of nitrogens with one attached hydrogen (secondary N) is 1. The molecule has 1 fully saturated rings. The van der Waals surface area contributed by atoms with Gasteiger partial charge in [-0.15, -0.1) is 0 Å². The van der Waals surface area contributed by atoms with E-state index in [1.54, 1.807) is 4.68 Å². The number of aryl methyl sites for hydroxylation is 2. The number of hydrogen-bond acceptors (Lipinski definition) is 4. The molecule has 1 aliphatic rings. The summed E-state index contributed by atoms with van der Waals surface area (Å²) in [5.41, 5.74) is 2.21. The van der Waals surface area contributed by atoms with Crippen LogP contribution < -0.4 is 5.32 Å². The first-order valence-electron chi connectivity index (χ1n) is 8.04. The number of piperidine rings is 1. The molecule has 0 saturated carbocycles. The van der Waals surface area contributed by atoms with E-state index >= 15 is 0 Å². The lowest BCUT2D eigenvalue weighted by atomic mass is 9.91. The molecule has 0 unspecified atom stereocenters. The van der Waals surface area contributed by atoms with Crippen molar-refractivity contribution < 1.29 is 4.79 Å². The summed E-state index contributed by atoms with van der Waals surface area (Å²) >= 11 is 0. The lowest BCUT2D eigenvalue weighted by Gasteiger charge is -2.32. The van der Waals surface area contributed by atoms with E-state index in [0.717, 1.165) is 31.0 Å². The van der Waals surface area contributed by atoms with Crippen molar-refractivity contribution in [3.05, 3.63) is 41.9 Å². The predicted molar refractivity (Wildman–Crippen MR) is 89.2 cm³/mol. The third-order valence-corrected chi connectivity index (χ3v) is 4.32. The predicted octanol–water partition coefficient (Wildman–Crippen LogP) is 1.94. The van der Waals surface area contributed by atoms with Crippen molar-refractivity contribution in [2.24, 2.45) is 7.05 Å². The van der Waals surface area contributed by atoms with Gasteiger partial charge >= 0.3 is 0 Å². The van der Waals surface area contributed by atoms with Gasteiger partial charge in [0.1, 0.15) is 5.82 Å². The summed E-state index contributed by atoms with van der Waals surface area (Å²) in [6.45, 7) is 4.23. The third kappa shape index (κ3) is 3.96. The Labute approximate surface area is 136 Å². The number of aromatic nitrogens is 3. The molecule has 1 saturated heterocycles. The van der Waals surface area contributed by atoms with Crippen LogP contribution in [0.25, 0.3) is 0 Å². The Bertz CT molecular complexity index is 667. The fourth-order valence-corrected chi connectivity index (χ4v) is 3.22. The highest BCUT2D eigenvalue weighted by molar-refractivity contribution is 5.91. The molecule has 1 aliphatic heterocycles. The van der Waals surface area contributed by atoms with Crippen LogP contribution >= 0.6 is 0 Å². The molecule has 0 radical (unpaired) electrons. The Morgan fingerprint density at radius 3 is 2.87 bits per heavy atom. The first kappa shape index (κ1) is 15.7. The normalized spacial score (nSPS) is 18.8. The molecule has 0 bridgehead atoms. The van der Waals surface area contributed by atoms with Crippen LogP contribution in [0, 0.1) is 6.92 Å². The Morgan fingerprint density at radius 2 is 2.17 bits per heavy atom. The summed E-state index contributed by atoms with van der Waals surface area (Å²) in [6.07, 6.45) is 5.96. The van der Waals surface area contributed by atoms with Gasteiger partial charge in [0.05, 0.1) is 12.2 Å². The fourth-order valence-electron chi connectivity index (χ4n) is 3.22. The van der Waals surface area contributed by atoms with Crippen LogP contribution in [-0.2, 0) is 11.8 Å². The van der Waals surface area contributed by atoms with Crippen molar-refractivity contribution in [2.45, 2.75) is 25.7 Å². The Morgan fingerprint density at radius 1 is 1.39 bits per heavy atom. The fraction of sp³-hybridized carbons (Fsp3) is 0.471. The standard InChI is InChI=1S/C17H23N5O/c1-13-10-16(21(2)20-13)19-17(23)12-22-9-3-4-15(11-22)14-5-7-18-8-6-14/h5-8,10,15H,3-4,9,11-12H2,1-2H3,(H,19,23)/t15-/m0/s1. The van der Waals surface area contributed by atoms with Crippen molar-refractivity contribution in [1.82, 2.24) is 19.7 Å². The number of carbonyl (C=O) groups is 1.